The molecule has 1 amide bonds. The van der Waals surface area contributed by atoms with Crippen LogP contribution in [0.2, 0.25) is 5.02 Å². The Morgan fingerprint density at radius 2 is 2.03 bits per heavy atom. The lowest BCUT2D eigenvalue weighted by atomic mass is 9.81. The van der Waals surface area contributed by atoms with E-state index in [1.54, 1.807) is 24.5 Å². The summed E-state index contributed by atoms with van der Waals surface area (Å²) in [6, 6.07) is 5.44. The molecule has 2 aromatic heterocycles. The number of nitrogens with one attached hydrogen (secondary N) is 1. The fraction of sp³-hybridized carbons (Fsp3) is 0.409. The number of methoxy groups -OCH3 is 1. The third kappa shape index (κ3) is 4.38. The number of rotatable bonds is 5. The molecule has 2 heterocycles. The summed E-state index contributed by atoms with van der Waals surface area (Å²) >= 11 is 7.67. The number of ether oxygens (including phenoxy) is 1. The van der Waals surface area contributed by atoms with Gasteiger partial charge in [-0.1, -0.05) is 24.9 Å². The Morgan fingerprint density at radius 1 is 1.24 bits per heavy atom. The maximum absolute atomic E-state index is 12.6. The molecule has 0 atom stereocenters. The van der Waals surface area contributed by atoms with Gasteiger partial charge in [0.05, 0.1) is 38.6 Å². The van der Waals surface area contributed by atoms with E-state index >= 15 is 0 Å². The van der Waals surface area contributed by atoms with Gasteiger partial charge < -0.3 is 10.1 Å². The van der Waals surface area contributed by atoms with Crippen molar-refractivity contribution in [3.8, 4) is 5.75 Å². The van der Waals surface area contributed by atoms with Gasteiger partial charge in [-0.15, -0.1) is 11.3 Å². The summed E-state index contributed by atoms with van der Waals surface area (Å²) in [7, 11) is 1.59. The van der Waals surface area contributed by atoms with E-state index in [2.05, 4.69) is 17.2 Å². The first-order valence-electron chi connectivity index (χ1n) is 9.97. The monoisotopic (exact) mass is 429 g/mol. The van der Waals surface area contributed by atoms with Crippen molar-refractivity contribution >= 4 is 44.7 Å². The van der Waals surface area contributed by atoms with Gasteiger partial charge >= 0.3 is 0 Å². The van der Waals surface area contributed by atoms with Crippen molar-refractivity contribution in [1.29, 1.82) is 0 Å². The smallest absolute Gasteiger partial charge is 0.257 e. The number of carbonyl (C=O) groups excluding carboxylic acids is 1. The number of pyridine rings is 1. The molecule has 1 aliphatic carbocycles. The molecule has 0 aliphatic heterocycles. The molecule has 0 saturated heterocycles. The first-order chi connectivity index (χ1) is 14.1. The Morgan fingerprint density at radius 3 is 2.72 bits per heavy atom. The van der Waals surface area contributed by atoms with E-state index in [1.807, 2.05) is 12.1 Å². The van der Waals surface area contributed by atoms with Crippen LogP contribution in [-0.4, -0.2) is 23.0 Å². The van der Waals surface area contributed by atoms with Gasteiger partial charge in [-0.3, -0.25) is 9.78 Å². The highest BCUT2D eigenvalue weighted by atomic mass is 35.5. The van der Waals surface area contributed by atoms with Crippen molar-refractivity contribution in [2.75, 3.05) is 12.4 Å². The van der Waals surface area contributed by atoms with Crippen LogP contribution in [0.15, 0.2) is 30.6 Å². The number of carbonyl (C=O) groups is 1. The zero-order chi connectivity index (χ0) is 20.4. The molecule has 0 spiro atoms. The van der Waals surface area contributed by atoms with E-state index in [0.717, 1.165) is 16.1 Å². The van der Waals surface area contributed by atoms with E-state index in [1.165, 1.54) is 49.5 Å². The second-order valence-electron chi connectivity index (χ2n) is 7.54. The van der Waals surface area contributed by atoms with Crippen LogP contribution in [0.1, 0.15) is 60.3 Å². The number of hydrogen-bond acceptors (Lipinski definition) is 5. The van der Waals surface area contributed by atoms with Crippen molar-refractivity contribution in [2.24, 2.45) is 5.92 Å². The predicted octanol–water partition coefficient (Wildman–Crippen LogP) is 6.29. The third-order valence-corrected chi connectivity index (χ3v) is 7.10. The second kappa shape index (κ2) is 8.67. The van der Waals surface area contributed by atoms with Crippen molar-refractivity contribution in [3.05, 3.63) is 46.2 Å². The van der Waals surface area contributed by atoms with Crippen molar-refractivity contribution in [3.63, 3.8) is 0 Å². The van der Waals surface area contributed by atoms with Crippen LogP contribution < -0.4 is 10.1 Å². The fourth-order valence-corrected chi connectivity index (χ4v) is 5.29. The van der Waals surface area contributed by atoms with Crippen LogP contribution in [-0.2, 0) is 0 Å². The topological polar surface area (TPSA) is 64.1 Å². The number of amides is 1. The minimum absolute atomic E-state index is 0.278. The Bertz CT molecular complexity index is 1030. The van der Waals surface area contributed by atoms with Crippen LogP contribution in [0.4, 0.5) is 5.69 Å². The maximum atomic E-state index is 12.6. The molecule has 1 saturated carbocycles. The molecule has 1 N–H and O–H groups in total. The highest BCUT2D eigenvalue weighted by Gasteiger charge is 2.24. The lowest BCUT2D eigenvalue weighted by molar-refractivity contribution is 0.102. The Kier molecular flexibility index (Phi) is 6.01. The van der Waals surface area contributed by atoms with E-state index in [-0.39, 0.29) is 5.91 Å². The summed E-state index contributed by atoms with van der Waals surface area (Å²) in [6.07, 6.45) is 9.25. The molecule has 3 aromatic rings. The first kappa shape index (κ1) is 20.1. The number of benzene rings is 1. The molecular weight excluding hydrogens is 406 g/mol. The average Bonchev–Trinajstić information content (AvgIpc) is 3.16. The molecule has 1 fully saturated rings. The first-order valence-corrected chi connectivity index (χ1v) is 11.2. The normalized spacial score (nSPS) is 19.3. The van der Waals surface area contributed by atoms with Crippen LogP contribution in [0, 0.1) is 5.92 Å². The van der Waals surface area contributed by atoms with E-state index in [9.17, 15) is 4.79 Å². The Labute approximate surface area is 179 Å². The zero-order valence-electron chi connectivity index (χ0n) is 16.6. The minimum atomic E-state index is -0.278. The number of fused-ring (bicyclic) bond motifs is 1. The Hall–Kier alpha value is -2.18. The third-order valence-electron chi connectivity index (χ3n) is 5.71. The number of thiazole rings is 1. The van der Waals surface area contributed by atoms with Gasteiger partial charge in [-0.25, -0.2) is 4.98 Å². The minimum Gasteiger partial charge on any atom is -0.494 e. The lowest BCUT2D eigenvalue weighted by Crippen LogP contribution is -2.13. The summed E-state index contributed by atoms with van der Waals surface area (Å²) in [6.45, 7) is 2.28. The molecule has 152 valence electrons. The van der Waals surface area contributed by atoms with Gasteiger partial charge in [-0.2, -0.15) is 0 Å². The molecule has 1 aliphatic rings. The van der Waals surface area contributed by atoms with Gasteiger partial charge in [0.15, 0.2) is 0 Å². The van der Waals surface area contributed by atoms with Gasteiger partial charge in [0.2, 0.25) is 0 Å². The van der Waals surface area contributed by atoms with Crippen molar-refractivity contribution in [1.82, 2.24) is 9.97 Å². The molecular formula is C22H24ClN3O2S. The molecule has 29 heavy (non-hydrogen) atoms. The van der Waals surface area contributed by atoms with Gasteiger partial charge in [0, 0.05) is 24.4 Å². The van der Waals surface area contributed by atoms with E-state index in [0.29, 0.717) is 27.9 Å². The summed E-state index contributed by atoms with van der Waals surface area (Å²) in [5.41, 5.74) is 1.94. The highest BCUT2D eigenvalue weighted by molar-refractivity contribution is 7.18. The van der Waals surface area contributed by atoms with Crippen LogP contribution in [0.25, 0.3) is 10.2 Å². The number of halogens is 1. The predicted molar refractivity (Wildman–Crippen MR) is 118 cm³/mol. The van der Waals surface area contributed by atoms with Crippen LogP contribution >= 0.6 is 22.9 Å². The van der Waals surface area contributed by atoms with Gasteiger partial charge in [0.1, 0.15) is 5.75 Å². The van der Waals surface area contributed by atoms with Crippen molar-refractivity contribution in [2.45, 2.75) is 44.9 Å². The number of anilines is 1. The molecule has 4 rings (SSSR count). The average molecular weight is 430 g/mol. The second-order valence-corrected chi connectivity index (χ2v) is 9.04. The highest BCUT2D eigenvalue weighted by Crippen LogP contribution is 2.41. The fourth-order valence-electron chi connectivity index (χ4n) is 3.96. The number of hydrogen-bond donors (Lipinski definition) is 1. The van der Waals surface area contributed by atoms with E-state index in [4.69, 9.17) is 21.3 Å². The number of aromatic nitrogens is 2. The molecule has 7 heteroatoms. The molecule has 5 nitrogen and oxygen atoms in total. The SMILES string of the molecule is CC[C@H]1CC[C@H](c2nc3cc(OC)c(NC(=O)c4cncc(Cl)c4)cc3s2)CC1. The van der Waals surface area contributed by atoms with Gasteiger partial charge in [-0.05, 0) is 43.7 Å². The largest absolute Gasteiger partial charge is 0.494 e. The van der Waals surface area contributed by atoms with E-state index < -0.39 is 0 Å². The lowest BCUT2D eigenvalue weighted by Gasteiger charge is -2.26. The summed E-state index contributed by atoms with van der Waals surface area (Å²) in [5.74, 6) is 1.72. The molecule has 0 bridgehead atoms. The van der Waals surface area contributed by atoms with Gasteiger partial charge in [0.25, 0.3) is 5.91 Å². The summed E-state index contributed by atoms with van der Waals surface area (Å²) in [4.78, 5) is 21.5. The quantitative estimate of drug-likeness (QED) is 0.517. The standard InChI is InChI=1S/C22H24ClN3O2S/c1-3-13-4-6-14(7-5-13)22-26-18-9-19(28-2)17(10-20(18)29-22)25-21(27)15-8-16(23)12-24-11-15/h8-14H,3-7H2,1-2H3,(H,25,27)/t13-,14-. The van der Waals surface area contributed by atoms with Crippen LogP contribution in [0.3, 0.4) is 0 Å². The number of nitrogens with zero attached hydrogens (tertiary/aromatic N) is 2. The summed E-state index contributed by atoms with van der Waals surface area (Å²) < 4.78 is 6.56. The Balaban J connectivity index is 1.59. The summed E-state index contributed by atoms with van der Waals surface area (Å²) in [5, 5.41) is 4.53. The zero-order valence-corrected chi connectivity index (χ0v) is 18.1. The van der Waals surface area contributed by atoms with Crippen molar-refractivity contribution < 1.29 is 9.53 Å². The maximum Gasteiger partial charge on any atom is 0.257 e. The molecule has 1 aromatic carbocycles. The van der Waals surface area contributed by atoms with Crippen LogP contribution in [0.5, 0.6) is 5.75 Å². The molecule has 0 radical (unpaired) electrons. The molecule has 0 unspecified atom stereocenters.